The molecule has 0 radical (unpaired) electrons. The molecule has 0 spiro atoms. The van der Waals surface area contributed by atoms with E-state index < -0.39 is 7.82 Å². The first-order chi connectivity index (χ1) is 11.4. The van der Waals surface area contributed by atoms with E-state index in [4.69, 9.17) is 14.2 Å². The molecule has 6 heteroatoms. The predicted molar refractivity (Wildman–Crippen MR) is 101 cm³/mol. The molecule has 0 aromatic heterocycles. The average Bonchev–Trinajstić information content (AvgIpc) is 2.56. The first-order valence-electron chi connectivity index (χ1n) is 9.63. The van der Waals surface area contributed by atoms with Crippen LogP contribution in [-0.2, 0) is 13.6 Å². The topological polar surface area (TPSA) is 76.0 Å². The maximum atomic E-state index is 11.9. The van der Waals surface area contributed by atoms with Crippen molar-refractivity contribution < 1.29 is 23.6 Å². The molecule has 0 aromatic carbocycles. The molecular weight excluding hydrogens is 327 g/mol. The molecule has 0 rings (SSSR count). The van der Waals surface area contributed by atoms with Crippen LogP contribution in [0.25, 0.3) is 0 Å². The number of unbranched alkanes of at least 4 members (excludes halogenated alkanes) is 2. The summed E-state index contributed by atoms with van der Waals surface area (Å²) < 4.78 is 22.2. The molecule has 0 saturated carbocycles. The molecular formula is C18H41O5P. The van der Waals surface area contributed by atoms with Crippen LogP contribution >= 0.6 is 7.82 Å². The Balaban J connectivity index is 0. The van der Waals surface area contributed by atoms with Crippen molar-refractivity contribution in [3.8, 4) is 0 Å². The van der Waals surface area contributed by atoms with Crippen molar-refractivity contribution in [3.63, 3.8) is 0 Å². The molecule has 24 heavy (non-hydrogen) atoms. The Morgan fingerprint density at radius 1 is 0.833 bits per heavy atom. The SMILES string of the molecule is CCCCC(CC)COP(=O)(O)OCC(CC)CCCC.CCO. The second-order valence-corrected chi connectivity index (χ2v) is 7.66. The van der Waals surface area contributed by atoms with Crippen molar-refractivity contribution in [2.24, 2.45) is 11.8 Å². The van der Waals surface area contributed by atoms with Gasteiger partial charge in [-0.2, -0.15) is 0 Å². The Hall–Kier alpha value is 0.0700. The Labute approximate surface area is 149 Å². The lowest BCUT2D eigenvalue weighted by Gasteiger charge is -2.20. The van der Waals surface area contributed by atoms with Crippen LogP contribution in [0.1, 0.15) is 86.0 Å². The Morgan fingerprint density at radius 2 is 1.17 bits per heavy atom. The minimum Gasteiger partial charge on any atom is -0.397 e. The van der Waals surface area contributed by atoms with Gasteiger partial charge in [-0.1, -0.05) is 66.2 Å². The summed E-state index contributed by atoms with van der Waals surface area (Å²) in [5.41, 5.74) is 0. The van der Waals surface area contributed by atoms with Crippen LogP contribution in [0.3, 0.4) is 0 Å². The summed E-state index contributed by atoms with van der Waals surface area (Å²) >= 11 is 0. The van der Waals surface area contributed by atoms with Crippen LogP contribution in [0.2, 0.25) is 0 Å². The van der Waals surface area contributed by atoms with Gasteiger partial charge >= 0.3 is 7.82 Å². The molecule has 0 fully saturated rings. The maximum Gasteiger partial charge on any atom is 0.472 e. The molecule has 0 amide bonds. The highest BCUT2D eigenvalue weighted by Crippen LogP contribution is 2.44. The first-order valence-corrected chi connectivity index (χ1v) is 11.1. The highest BCUT2D eigenvalue weighted by molar-refractivity contribution is 7.47. The van der Waals surface area contributed by atoms with E-state index >= 15 is 0 Å². The van der Waals surface area contributed by atoms with Crippen LogP contribution in [0.15, 0.2) is 0 Å². The number of hydrogen-bond donors (Lipinski definition) is 2. The minimum atomic E-state index is -3.89. The largest absolute Gasteiger partial charge is 0.472 e. The van der Waals surface area contributed by atoms with Crippen molar-refractivity contribution in [3.05, 3.63) is 0 Å². The van der Waals surface area contributed by atoms with Gasteiger partial charge in [0.05, 0.1) is 13.2 Å². The monoisotopic (exact) mass is 368 g/mol. The number of phosphoric acid groups is 1. The van der Waals surface area contributed by atoms with Gasteiger partial charge in [0.15, 0.2) is 0 Å². The third-order valence-corrected chi connectivity index (χ3v) is 4.98. The molecule has 0 aliphatic heterocycles. The molecule has 0 bridgehead atoms. The average molecular weight is 368 g/mol. The van der Waals surface area contributed by atoms with Gasteiger partial charge in [0.1, 0.15) is 0 Å². The Kier molecular flexibility index (Phi) is 19.6. The number of aliphatic hydroxyl groups is 1. The highest BCUT2D eigenvalue weighted by atomic mass is 31.2. The fourth-order valence-electron chi connectivity index (χ4n) is 2.23. The summed E-state index contributed by atoms with van der Waals surface area (Å²) in [5.74, 6) is 0.687. The van der Waals surface area contributed by atoms with Gasteiger partial charge < -0.3 is 10.00 Å². The molecule has 2 unspecified atom stereocenters. The highest BCUT2D eigenvalue weighted by Gasteiger charge is 2.24. The molecule has 0 aromatic rings. The Bertz CT molecular complexity index is 275. The van der Waals surface area contributed by atoms with Gasteiger partial charge in [-0.15, -0.1) is 0 Å². The number of aliphatic hydroxyl groups excluding tert-OH is 1. The lowest BCUT2D eigenvalue weighted by Crippen LogP contribution is -2.12. The van der Waals surface area contributed by atoms with Gasteiger partial charge in [-0.05, 0) is 31.6 Å². The molecule has 0 aliphatic carbocycles. The quantitative estimate of drug-likeness (QED) is 0.393. The van der Waals surface area contributed by atoms with E-state index in [2.05, 4.69) is 27.7 Å². The fourth-order valence-corrected chi connectivity index (χ4v) is 3.11. The van der Waals surface area contributed by atoms with Gasteiger partial charge in [0, 0.05) is 6.61 Å². The molecule has 5 nitrogen and oxygen atoms in total. The van der Waals surface area contributed by atoms with E-state index in [1.165, 1.54) is 0 Å². The van der Waals surface area contributed by atoms with Gasteiger partial charge in [-0.25, -0.2) is 4.57 Å². The third kappa shape index (κ3) is 16.9. The summed E-state index contributed by atoms with van der Waals surface area (Å²) in [6, 6.07) is 0. The standard InChI is InChI=1S/C16H35O4P.C2H6O/c1-5-9-11-15(7-3)13-19-21(17,18)20-14-16(8-4)12-10-6-2;1-2-3/h15-16H,5-14H2,1-4H3,(H,17,18);3H,2H2,1H3. The number of rotatable bonds is 14. The van der Waals surface area contributed by atoms with Gasteiger partial charge in [0.2, 0.25) is 0 Å². The second kappa shape index (κ2) is 17.9. The zero-order chi connectivity index (χ0) is 18.8. The maximum absolute atomic E-state index is 11.9. The predicted octanol–water partition coefficient (Wildman–Crippen LogP) is 5.55. The third-order valence-electron chi connectivity index (χ3n) is 4.03. The van der Waals surface area contributed by atoms with Crippen LogP contribution in [0, 0.1) is 11.8 Å². The minimum absolute atomic E-state index is 0.250. The van der Waals surface area contributed by atoms with Crippen LogP contribution in [-0.4, -0.2) is 29.8 Å². The number of phosphoric ester groups is 1. The van der Waals surface area contributed by atoms with Crippen molar-refractivity contribution >= 4 is 7.82 Å². The van der Waals surface area contributed by atoms with Crippen molar-refractivity contribution in [2.75, 3.05) is 19.8 Å². The molecule has 0 saturated heterocycles. The van der Waals surface area contributed by atoms with E-state index in [1.807, 2.05) is 0 Å². The molecule has 2 N–H and O–H groups in total. The second-order valence-electron chi connectivity index (χ2n) is 6.21. The Morgan fingerprint density at radius 3 is 1.42 bits per heavy atom. The van der Waals surface area contributed by atoms with Gasteiger partial charge in [0.25, 0.3) is 0 Å². The van der Waals surface area contributed by atoms with Crippen LogP contribution < -0.4 is 0 Å². The zero-order valence-corrected chi connectivity index (χ0v) is 17.4. The summed E-state index contributed by atoms with van der Waals surface area (Å²) in [4.78, 5) is 9.77. The van der Waals surface area contributed by atoms with E-state index in [-0.39, 0.29) is 6.61 Å². The van der Waals surface area contributed by atoms with E-state index in [9.17, 15) is 9.46 Å². The molecule has 148 valence electrons. The van der Waals surface area contributed by atoms with E-state index in [0.29, 0.717) is 25.0 Å². The lowest BCUT2D eigenvalue weighted by atomic mass is 10.0. The van der Waals surface area contributed by atoms with Crippen molar-refractivity contribution in [1.82, 2.24) is 0 Å². The summed E-state index contributed by atoms with van der Waals surface area (Å²) in [6.45, 7) is 11.0. The molecule has 2 atom stereocenters. The summed E-state index contributed by atoms with van der Waals surface area (Å²) in [6.07, 6.45) is 8.56. The van der Waals surface area contributed by atoms with Crippen molar-refractivity contribution in [2.45, 2.75) is 86.0 Å². The summed E-state index contributed by atoms with van der Waals surface area (Å²) in [7, 11) is -3.89. The lowest BCUT2D eigenvalue weighted by molar-refractivity contribution is 0.110. The van der Waals surface area contributed by atoms with Crippen LogP contribution in [0.5, 0.6) is 0 Å². The fraction of sp³-hybridized carbons (Fsp3) is 1.00. The van der Waals surface area contributed by atoms with Crippen molar-refractivity contribution in [1.29, 1.82) is 0 Å². The van der Waals surface area contributed by atoms with E-state index in [1.54, 1.807) is 6.92 Å². The zero-order valence-electron chi connectivity index (χ0n) is 16.5. The summed E-state index contributed by atoms with van der Waals surface area (Å²) in [5, 5.41) is 7.57. The van der Waals surface area contributed by atoms with E-state index in [0.717, 1.165) is 51.4 Å². The normalized spacial score (nSPS) is 16.0. The number of hydrogen-bond acceptors (Lipinski definition) is 4. The smallest absolute Gasteiger partial charge is 0.397 e. The van der Waals surface area contributed by atoms with Crippen LogP contribution in [0.4, 0.5) is 0 Å². The molecule has 0 aliphatic rings. The van der Waals surface area contributed by atoms with Gasteiger partial charge in [-0.3, -0.25) is 9.05 Å². The first kappa shape index (κ1) is 26.3. The molecule has 0 heterocycles.